The predicted octanol–water partition coefficient (Wildman–Crippen LogP) is 3.30. The van der Waals surface area contributed by atoms with Crippen LogP contribution in [0.4, 0.5) is 0 Å². The number of benzene rings is 2. The molecule has 0 unspecified atom stereocenters. The average Bonchev–Trinajstić information content (AvgIpc) is 2.66. The van der Waals surface area contributed by atoms with Crippen LogP contribution in [-0.4, -0.2) is 49.8 Å². The van der Waals surface area contributed by atoms with Crippen molar-refractivity contribution in [2.75, 3.05) is 27.2 Å². The van der Waals surface area contributed by atoms with Crippen LogP contribution in [0, 0.1) is 6.92 Å². The highest BCUT2D eigenvalue weighted by molar-refractivity contribution is 7.89. The van der Waals surface area contributed by atoms with Crippen LogP contribution in [0.25, 0.3) is 10.9 Å². The van der Waals surface area contributed by atoms with E-state index in [1.165, 1.54) is 0 Å². The van der Waals surface area contributed by atoms with Crippen molar-refractivity contribution in [2.45, 2.75) is 18.4 Å². The Morgan fingerprint density at radius 1 is 0.926 bits per heavy atom. The van der Waals surface area contributed by atoms with E-state index in [9.17, 15) is 8.42 Å². The Morgan fingerprint density at radius 2 is 1.67 bits per heavy atom. The molecule has 0 aliphatic heterocycles. The largest absolute Gasteiger partial charge is 0.308 e. The molecular formula is C21H25N3O2S. The summed E-state index contributed by atoms with van der Waals surface area (Å²) >= 11 is 0. The van der Waals surface area contributed by atoms with Gasteiger partial charge in [-0.05, 0) is 50.3 Å². The number of rotatable bonds is 7. The summed E-state index contributed by atoms with van der Waals surface area (Å²) in [5.41, 5.74) is 2.66. The van der Waals surface area contributed by atoms with Crippen LogP contribution in [0.5, 0.6) is 0 Å². The first-order valence-corrected chi connectivity index (χ1v) is 10.4. The summed E-state index contributed by atoms with van der Waals surface area (Å²) in [5, 5.41) is 0.667. The molecule has 0 aliphatic rings. The standard InChI is InChI=1S/C21H25N3O2S/c1-17-11-12-20(19-10-7-13-22-21(17)19)27(25,26)24(15-14-23(2)3)16-18-8-5-4-6-9-18/h4-13H,14-16H2,1-3H3. The van der Waals surface area contributed by atoms with E-state index in [0.29, 0.717) is 29.9 Å². The lowest BCUT2D eigenvalue weighted by Crippen LogP contribution is -2.36. The Labute approximate surface area is 161 Å². The summed E-state index contributed by atoms with van der Waals surface area (Å²) in [4.78, 5) is 6.68. The third kappa shape index (κ3) is 4.35. The lowest BCUT2D eigenvalue weighted by Gasteiger charge is -2.25. The van der Waals surface area contributed by atoms with Crippen LogP contribution >= 0.6 is 0 Å². The molecule has 3 aromatic rings. The van der Waals surface area contributed by atoms with Gasteiger partial charge in [0.2, 0.25) is 10.0 Å². The van der Waals surface area contributed by atoms with Crippen molar-refractivity contribution >= 4 is 20.9 Å². The maximum Gasteiger partial charge on any atom is 0.244 e. The molecule has 5 nitrogen and oxygen atoms in total. The second kappa shape index (κ2) is 8.17. The molecule has 0 spiro atoms. The molecule has 1 aromatic heterocycles. The molecule has 0 N–H and O–H groups in total. The Bertz CT molecular complexity index is 1020. The van der Waals surface area contributed by atoms with Crippen molar-refractivity contribution in [3.8, 4) is 0 Å². The molecule has 0 bridgehead atoms. The molecule has 1 heterocycles. The van der Waals surface area contributed by atoms with Gasteiger partial charge in [0.1, 0.15) is 0 Å². The molecule has 0 amide bonds. The van der Waals surface area contributed by atoms with E-state index in [4.69, 9.17) is 0 Å². The molecule has 0 aliphatic carbocycles. The number of fused-ring (bicyclic) bond motifs is 1. The summed E-state index contributed by atoms with van der Waals surface area (Å²) in [6.45, 7) is 3.35. The van der Waals surface area contributed by atoms with Crippen LogP contribution < -0.4 is 0 Å². The number of aryl methyl sites for hydroxylation is 1. The predicted molar refractivity (Wildman–Crippen MR) is 109 cm³/mol. The van der Waals surface area contributed by atoms with Crippen molar-refractivity contribution in [3.63, 3.8) is 0 Å². The van der Waals surface area contributed by atoms with Gasteiger partial charge in [-0.1, -0.05) is 36.4 Å². The monoisotopic (exact) mass is 383 g/mol. The first kappa shape index (κ1) is 19.5. The van der Waals surface area contributed by atoms with Gasteiger partial charge in [0.05, 0.1) is 10.4 Å². The van der Waals surface area contributed by atoms with E-state index in [1.54, 1.807) is 22.6 Å². The van der Waals surface area contributed by atoms with E-state index in [2.05, 4.69) is 4.98 Å². The van der Waals surface area contributed by atoms with Crippen molar-refractivity contribution in [2.24, 2.45) is 0 Å². The summed E-state index contributed by atoms with van der Waals surface area (Å²) in [5.74, 6) is 0. The number of hydrogen-bond donors (Lipinski definition) is 0. The van der Waals surface area contributed by atoms with Gasteiger partial charge in [-0.25, -0.2) is 8.42 Å². The van der Waals surface area contributed by atoms with Gasteiger partial charge < -0.3 is 4.90 Å². The summed E-state index contributed by atoms with van der Waals surface area (Å²) in [6, 6.07) is 16.8. The van der Waals surface area contributed by atoms with E-state index in [1.807, 2.05) is 68.4 Å². The summed E-state index contributed by atoms with van der Waals surface area (Å²) in [6.07, 6.45) is 1.69. The third-order valence-corrected chi connectivity index (χ3v) is 6.45. The molecule has 0 fully saturated rings. The molecule has 0 saturated carbocycles. The van der Waals surface area contributed by atoms with E-state index >= 15 is 0 Å². The zero-order chi connectivity index (χ0) is 19.4. The smallest absolute Gasteiger partial charge is 0.244 e. The Kier molecular flexibility index (Phi) is 5.89. The number of likely N-dealkylation sites (N-methyl/N-ethyl adjacent to an activating group) is 1. The topological polar surface area (TPSA) is 53.5 Å². The van der Waals surface area contributed by atoms with Crippen molar-refractivity contribution in [3.05, 3.63) is 71.9 Å². The highest BCUT2D eigenvalue weighted by Gasteiger charge is 2.27. The number of sulfonamides is 1. The van der Waals surface area contributed by atoms with Gasteiger partial charge in [-0.3, -0.25) is 4.98 Å². The maximum atomic E-state index is 13.6. The first-order chi connectivity index (χ1) is 12.9. The Balaban J connectivity index is 2.06. The van der Waals surface area contributed by atoms with Gasteiger partial charge in [0.25, 0.3) is 0 Å². The summed E-state index contributed by atoms with van der Waals surface area (Å²) < 4.78 is 28.7. The fourth-order valence-electron chi connectivity index (χ4n) is 3.03. The summed E-state index contributed by atoms with van der Waals surface area (Å²) in [7, 11) is 0.214. The quantitative estimate of drug-likeness (QED) is 0.628. The number of aromatic nitrogens is 1. The zero-order valence-electron chi connectivity index (χ0n) is 16.0. The molecule has 2 aromatic carbocycles. The molecule has 0 atom stereocenters. The highest BCUT2D eigenvalue weighted by atomic mass is 32.2. The van der Waals surface area contributed by atoms with Crippen molar-refractivity contribution in [1.29, 1.82) is 0 Å². The van der Waals surface area contributed by atoms with E-state index < -0.39 is 10.0 Å². The van der Waals surface area contributed by atoms with Crippen LogP contribution in [0.1, 0.15) is 11.1 Å². The van der Waals surface area contributed by atoms with Gasteiger partial charge >= 0.3 is 0 Å². The highest BCUT2D eigenvalue weighted by Crippen LogP contribution is 2.27. The second-order valence-corrected chi connectivity index (χ2v) is 8.81. The average molecular weight is 384 g/mol. The van der Waals surface area contributed by atoms with Crippen LogP contribution in [0.15, 0.2) is 65.7 Å². The lowest BCUT2D eigenvalue weighted by atomic mass is 10.1. The van der Waals surface area contributed by atoms with E-state index in [-0.39, 0.29) is 0 Å². The number of nitrogens with zero attached hydrogens (tertiary/aromatic N) is 3. The van der Waals surface area contributed by atoms with Crippen LogP contribution in [-0.2, 0) is 16.6 Å². The SMILES string of the molecule is Cc1ccc(S(=O)(=O)N(CCN(C)C)Cc2ccccc2)c2cccnc12. The maximum absolute atomic E-state index is 13.6. The van der Waals surface area contributed by atoms with Gasteiger partial charge in [-0.2, -0.15) is 4.31 Å². The zero-order valence-corrected chi connectivity index (χ0v) is 16.8. The molecule has 0 radical (unpaired) electrons. The fraction of sp³-hybridized carbons (Fsp3) is 0.286. The molecule has 3 rings (SSSR count). The molecule has 27 heavy (non-hydrogen) atoms. The van der Waals surface area contributed by atoms with Crippen molar-refractivity contribution in [1.82, 2.24) is 14.2 Å². The van der Waals surface area contributed by atoms with Crippen LogP contribution in [0.2, 0.25) is 0 Å². The second-order valence-electron chi connectivity index (χ2n) is 6.91. The number of hydrogen-bond acceptors (Lipinski definition) is 4. The minimum Gasteiger partial charge on any atom is -0.308 e. The Hall–Kier alpha value is -2.28. The Morgan fingerprint density at radius 3 is 2.37 bits per heavy atom. The minimum absolute atomic E-state index is 0.311. The minimum atomic E-state index is -3.67. The van der Waals surface area contributed by atoms with Gasteiger partial charge in [0, 0.05) is 31.2 Å². The van der Waals surface area contributed by atoms with E-state index in [0.717, 1.165) is 16.6 Å². The lowest BCUT2D eigenvalue weighted by molar-refractivity contribution is 0.329. The van der Waals surface area contributed by atoms with Crippen molar-refractivity contribution < 1.29 is 8.42 Å². The normalized spacial score (nSPS) is 12.2. The number of pyridine rings is 1. The molecule has 6 heteroatoms. The fourth-order valence-corrected chi connectivity index (χ4v) is 4.64. The van der Waals surface area contributed by atoms with Crippen LogP contribution in [0.3, 0.4) is 0 Å². The molecular weight excluding hydrogens is 358 g/mol. The van der Waals surface area contributed by atoms with Gasteiger partial charge in [-0.15, -0.1) is 0 Å². The first-order valence-electron chi connectivity index (χ1n) is 8.93. The molecule has 142 valence electrons. The third-order valence-electron chi connectivity index (χ3n) is 4.55. The molecule has 0 saturated heterocycles. The van der Waals surface area contributed by atoms with Gasteiger partial charge in [0.15, 0.2) is 0 Å².